The standard InChI is InChI=1S/C21H27N3O2/c1-14(2)18-10-5-6-11-19(18)22-13-20(25)24-17-9-7-8-16(12-17)21(26)23-15(3)4/h5-12,14-15,22H,13H2,1-4H3,(H,23,26)(H,24,25). The average Bonchev–Trinajstić information content (AvgIpc) is 2.59. The van der Waals surface area contributed by atoms with E-state index in [1.165, 1.54) is 5.56 Å². The summed E-state index contributed by atoms with van der Waals surface area (Å²) >= 11 is 0. The van der Waals surface area contributed by atoms with Crippen molar-refractivity contribution in [2.24, 2.45) is 0 Å². The van der Waals surface area contributed by atoms with Crippen molar-refractivity contribution in [2.75, 3.05) is 17.2 Å². The van der Waals surface area contributed by atoms with Crippen LogP contribution in [0.5, 0.6) is 0 Å². The molecule has 0 aliphatic heterocycles. The van der Waals surface area contributed by atoms with Crippen molar-refractivity contribution in [3.63, 3.8) is 0 Å². The smallest absolute Gasteiger partial charge is 0.251 e. The van der Waals surface area contributed by atoms with Crippen molar-refractivity contribution >= 4 is 23.2 Å². The first-order chi connectivity index (χ1) is 12.4. The van der Waals surface area contributed by atoms with E-state index < -0.39 is 0 Å². The number of amides is 2. The van der Waals surface area contributed by atoms with Gasteiger partial charge in [-0.15, -0.1) is 0 Å². The van der Waals surface area contributed by atoms with Crippen molar-refractivity contribution in [3.05, 3.63) is 59.7 Å². The van der Waals surface area contributed by atoms with E-state index in [4.69, 9.17) is 0 Å². The molecule has 5 heteroatoms. The number of carbonyl (C=O) groups excluding carboxylic acids is 2. The molecule has 0 aliphatic carbocycles. The minimum Gasteiger partial charge on any atom is -0.376 e. The van der Waals surface area contributed by atoms with Crippen molar-refractivity contribution in [1.82, 2.24) is 5.32 Å². The Bertz CT molecular complexity index is 769. The summed E-state index contributed by atoms with van der Waals surface area (Å²) in [6.07, 6.45) is 0. The minimum atomic E-state index is -0.162. The molecule has 0 radical (unpaired) electrons. The Morgan fingerprint density at radius 3 is 2.38 bits per heavy atom. The van der Waals surface area contributed by atoms with Gasteiger partial charge in [0.15, 0.2) is 0 Å². The topological polar surface area (TPSA) is 70.2 Å². The van der Waals surface area contributed by atoms with Crippen LogP contribution in [0.25, 0.3) is 0 Å². The van der Waals surface area contributed by atoms with E-state index in [-0.39, 0.29) is 24.4 Å². The van der Waals surface area contributed by atoms with E-state index in [9.17, 15) is 9.59 Å². The van der Waals surface area contributed by atoms with Gasteiger partial charge in [-0.25, -0.2) is 0 Å². The highest BCUT2D eigenvalue weighted by atomic mass is 16.2. The maximum Gasteiger partial charge on any atom is 0.251 e. The van der Waals surface area contributed by atoms with Crippen molar-refractivity contribution in [2.45, 2.75) is 39.7 Å². The molecule has 0 saturated carbocycles. The largest absolute Gasteiger partial charge is 0.376 e. The average molecular weight is 353 g/mol. The minimum absolute atomic E-state index is 0.0611. The lowest BCUT2D eigenvalue weighted by atomic mass is 10.0. The molecular formula is C21H27N3O2. The molecule has 138 valence electrons. The molecule has 26 heavy (non-hydrogen) atoms. The second-order valence-corrected chi connectivity index (χ2v) is 6.85. The van der Waals surface area contributed by atoms with Gasteiger partial charge in [0.1, 0.15) is 0 Å². The lowest BCUT2D eigenvalue weighted by molar-refractivity contribution is -0.114. The van der Waals surface area contributed by atoms with Gasteiger partial charge in [0.05, 0.1) is 6.54 Å². The summed E-state index contributed by atoms with van der Waals surface area (Å²) in [5.74, 6) is 0.0583. The van der Waals surface area contributed by atoms with Gasteiger partial charge in [-0.1, -0.05) is 38.1 Å². The Labute approximate surface area is 155 Å². The van der Waals surface area contributed by atoms with Crippen LogP contribution in [0.2, 0.25) is 0 Å². The number of hydrogen-bond acceptors (Lipinski definition) is 3. The van der Waals surface area contributed by atoms with Gasteiger partial charge >= 0.3 is 0 Å². The number of rotatable bonds is 7. The molecule has 0 heterocycles. The van der Waals surface area contributed by atoms with Gasteiger partial charge in [0.2, 0.25) is 5.91 Å². The van der Waals surface area contributed by atoms with Crippen molar-refractivity contribution < 1.29 is 9.59 Å². The maximum atomic E-state index is 12.3. The van der Waals surface area contributed by atoms with Gasteiger partial charge in [0.25, 0.3) is 5.91 Å². The SMILES string of the molecule is CC(C)NC(=O)c1cccc(NC(=O)CNc2ccccc2C(C)C)c1. The first-order valence-corrected chi connectivity index (χ1v) is 8.90. The number of anilines is 2. The number of nitrogens with one attached hydrogen (secondary N) is 3. The molecule has 0 aliphatic rings. The number of carbonyl (C=O) groups is 2. The predicted molar refractivity (Wildman–Crippen MR) is 107 cm³/mol. The summed E-state index contributed by atoms with van der Waals surface area (Å²) < 4.78 is 0. The van der Waals surface area contributed by atoms with Crippen LogP contribution in [0, 0.1) is 0 Å². The molecule has 2 aromatic carbocycles. The first kappa shape index (κ1) is 19.5. The van der Waals surface area contributed by atoms with Crippen LogP contribution in [0.4, 0.5) is 11.4 Å². The summed E-state index contributed by atoms with van der Waals surface area (Å²) in [6, 6.07) is 15.0. The van der Waals surface area contributed by atoms with Crippen LogP contribution in [-0.2, 0) is 4.79 Å². The Balaban J connectivity index is 1.97. The zero-order valence-electron chi connectivity index (χ0n) is 15.8. The third-order valence-electron chi connectivity index (χ3n) is 3.85. The Hall–Kier alpha value is -2.82. The molecule has 0 spiro atoms. The molecule has 0 unspecified atom stereocenters. The summed E-state index contributed by atoms with van der Waals surface area (Å²) in [4.78, 5) is 24.3. The monoisotopic (exact) mass is 353 g/mol. The molecule has 2 aromatic rings. The van der Waals surface area contributed by atoms with Crippen LogP contribution >= 0.6 is 0 Å². The molecule has 2 rings (SSSR count). The molecule has 0 bridgehead atoms. The normalized spacial score (nSPS) is 10.7. The Kier molecular flexibility index (Phi) is 6.78. The highest BCUT2D eigenvalue weighted by molar-refractivity contribution is 5.98. The summed E-state index contributed by atoms with van der Waals surface area (Å²) in [7, 11) is 0. The molecule has 0 atom stereocenters. The molecule has 3 N–H and O–H groups in total. The summed E-state index contributed by atoms with van der Waals surface area (Å²) in [5.41, 5.74) is 3.26. The van der Waals surface area contributed by atoms with Crippen LogP contribution in [0.15, 0.2) is 48.5 Å². The fourth-order valence-electron chi connectivity index (χ4n) is 2.63. The fraction of sp³-hybridized carbons (Fsp3) is 0.333. The van der Waals surface area contributed by atoms with Crippen LogP contribution in [0.1, 0.15) is 49.5 Å². The first-order valence-electron chi connectivity index (χ1n) is 8.90. The Morgan fingerprint density at radius 2 is 1.69 bits per heavy atom. The van der Waals surface area contributed by atoms with E-state index >= 15 is 0 Å². The van der Waals surface area contributed by atoms with Crippen molar-refractivity contribution in [3.8, 4) is 0 Å². The number of benzene rings is 2. The number of hydrogen-bond donors (Lipinski definition) is 3. The van der Waals surface area contributed by atoms with Crippen molar-refractivity contribution in [1.29, 1.82) is 0 Å². The molecule has 2 amide bonds. The van der Waals surface area contributed by atoms with Gasteiger partial charge < -0.3 is 16.0 Å². The highest BCUT2D eigenvalue weighted by Crippen LogP contribution is 2.23. The molecule has 0 aromatic heterocycles. The van der Waals surface area contributed by atoms with Gasteiger partial charge in [-0.3, -0.25) is 9.59 Å². The second kappa shape index (κ2) is 9.04. The lowest BCUT2D eigenvalue weighted by Gasteiger charge is -2.14. The quantitative estimate of drug-likeness (QED) is 0.705. The second-order valence-electron chi connectivity index (χ2n) is 6.85. The highest BCUT2D eigenvalue weighted by Gasteiger charge is 2.10. The molecule has 0 fully saturated rings. The maximum absolute atomic E-state index is 12.3. The summed E-state index contributed by atoms with van der Waals surface area (Å²) in [6.45, 7) is 8.21. The third-order valence-corrected chi connectivity index (χ3v) is 3.85. The fourth-order valence-corrected chi connectivity index (χ4v) is 2.63. The van der Waals surface area contributed by atoms with E-state index in [0.717, 1.165) is 5.69 Å². The van der Waals surface area contributed by atoms with Gasteiger partial charge in [-0.05, 0) is 49.6 Å². The van der Waals surface area contributed by atoms with E-state index in [1.807, 2.05) is 32.0 Å². The summed E-state index contributed by atoms with van der Waals surface area (Å²) in [5, 5.41) is 8.85. The van der Waals surface area contributed by atoms with Crippen LogP contribution in [-0.4, -0.2) is 24.4 Å². The molecule has 0 saturated heterocycles. The zero-order chi connectivity index (χ0) is 19.1. The predicted octanol–water partition coefficient (Wildman–Crippen LogP) is 4.00. The third kappa shape index (κ3) is 5.62. The van der Waals surface area contributed by atoms with Crippen LogP contribution < -0.4 is 16.0 Å². The van der Waals surface area contributed by atoms with Crippen LogP contribution in [0.3, 0.4) is 0 Å². The number of para-hydroxylation sites is 1. The van der Waals surface area contributed by atoms with E-state index in [0.29, 0.717) is 17.2 Å². The zero-order valence-corrected chi connectivity index (χ0v) is 15.8. The molecule has 5 nitrogen and oxygen atoms in total. The van der Waals surface area contributed by atoms with E-state index in [2.05, 4.69) is 35.9 Å². The van der Waals surface area contributed by atoms with Gasteiger partial charge in [-0.2, -0.15) is 0 Å². The molecular weight excluding hydrogens is 326 g/mol. The van der Waals surface area contributed by atoms with E-state index in [1.54, 1.807) is 24.3 Å². The lowest BCUT2D eigenvalue weighted by Crippen LogP contribution is -2.30. The van der Waals surface area contributed by atoms with Gasteiger partial charge in [0, 0.05) is 23.0 Å². The Morgan fingerprint density at radius 1 is 0.962 bits per heavy atom.